The van der Waals surface area contributed by atoms with E-state index in [4.69, 9.17) is 10.5 Å². The van der Waals surface area contributed by atoms with Crippen LogP contribution in [-0.4, -0.2) is 24.6 Å². The number of benzene rings is 1. The monoisotopic (exact) mass is 263 g/mol. The van der Waals surface area contributed by atoms with E-state index in [1.807, 2.05) is 13.8 Å². The Kier molecular flexibility index (Phi) is 3.44. The van der Waals surface area contributed by atoms with E-state index in [-0.39, 0.29) is 12.6 Å². The highest BCUT2D eigenvalue weighted by atomic mass is 16.5. The number of nitrogens with two attached hydrogens (primary N) is 1. The van der Waals surface area contributed by atoms with Crippen LogP contribution in [0.5, 0.6) is 5.75 Å². The van der Waals surface area contributed by atoms with E-state index >= 15 is 0 Å². The number of ether oxygens (including phenoxy) is 1. The van der Waals surface area contributed by atoms with Crippen molar-refractivity contribution in [2.75, 3.05) is 6.54 Å². The lowest BCUT2D eigenvalue weighted by Crippen LogP contribution is -2.49. The lowest BCUT2D eigenvalue weighted by molar-refractivity contribution is -0.123. The number of hydrogen-bond acceptors (Lipinski definition) is 4. The van der Waals surface area contributed by atoms with E-state index in [0.717, 1.165) is 0 Å². The van der Waals surface area contributed by atoms with Gasteiger partial charge in [0.05, 0.1) is 6.10 Å². The molecule has 0 spiro atoms. The zero-order valence-corrected chi connectivity index (χ0v) is 10.9. The molecule has 4 N–H and O–H groups in total. The third kappa shape index (κ3) is 2.39. The molecule has 1 fully saturated rings. The Hall–Kier alpha value is -2.08. The molecule has 0 saturated carbocycles. The number of urea groups is 1. The molecular weight excluding hydrogens is 246 g/mol. The van der Waals surface area contributed by atoms with Gasteiger partial charge in [-0.2, -0.15) is 0 Å². The first-order valence-electron chi connectivity index (χ1n) is 6.09. The maximum Gasteiger partial charge on any atom is 0.322 e. The summed E-state index contributed by atoms with van der Waals surface area (Å²) in [6.07, 6.45) is 0.0730. The van der Waals surface area contributed by atoms with Gasteiger partial charge >= 0.3 is 6.03 Å². The molecule has 1 unspecified atom stereocenters. The second kappa shape index (κ2) is 4.89. The average Bonchev–Trinajstić information content (AvgIpc) is 2.65. The topological polar surface area (TPSA) is 93.4 Å². The first kappa shape index (κ1) is 13.4. The minimum absolute atomic E-state index is 0.00500. The van der Waals surface area contributed by atoms with Crippen LogP contribution in [0.25, 0.3) is 0 Å². The summed E-state index contributed by atoms with van der Waals surface area (Å²) in [4.78, 5) is 23.2. The summed E-state index contributed by atoms with van der Waals surface area (Å²) in [7, 11) is 0. The molecule has 1 aromatic carbocycles. The Morgan fingerprint density at radius 2 is 1.89 bits per heavy atom. The van der Waals surface area contributed by atoms with Crippen LogP contribution in [-0.2, 0) is 10.3 Å². The SMILES string of the molecule is CC(C)Oc1ccc(C2(CN)NC(=O)NC2=O)cc1. The van der Waals surface area contributed by atoms with Gasteiger partial charge in [-0.15, -0.1) is 0 Å². The van der Waals surface area contributed by atoms with Gasteiger partial charge < -0.3 is 15.8 Å². The van der Waals surface area contributed by atoms with Gasteiger partial charge in [0.1, 0.15) is 5.75 Å². The second-order valence-corrected chi connectivity index (χ2v) is 4.71. The van der Waals surface area contributed by atoms with E-state index in [1.165, 1.54) is 0 Å². The fourth-order valence-corrected chi connectivity index (χ4v) is 2.05. The molecule has 0 bridgehead atoms. The third-order valence-corrected chi connectivity index (χ3v) is 2.97. The van der Waals surface area contributed by atoms with Crippen LogP contribution < -0.4 is 21.1 Å². The summed E-state index contributed by atoms with van der Waals surface area (Å²) in [6, 6.07) is 6.44. The lowest BCUT2D eigenvalue weighted by atomic mass is 9.90. The van der Waals surface area contributed by atoms with Gasteiger partial charge in [-0.1, -0.05) is 12.1 Å². The van der Waals surface area contributed by atoms with Gasteiger partial charge in [-0.25, -0.2) is 4.79 Å². The lowest BCUT2D eigenvalue weighted by Gasteiger charge is -2.24. The zero-order valence-electron chi connectivity index (χ0n) is 10.9. The number of carbonyl (C=O) groups is 2. The molecule has 1 aliphatic heterocycles. The molecule has 6 heteroatoms. The predicted molar refractivity (Wildman–Crippen MR) is 69.6 cm³/mol. The summed E-state index contributed by atoms with van der Waals surface area (Å²) in [5.41, 5.74) is 5.11. The van der Waals surface area contributed by atoms with Crippen LogP contribution in [0.3, 0.4) is 0 Å². The van der Waals surface area contributed by atoms with Crippen molar-refractivity contribution in [2.24, 2.45) is 5.73 Å². The van der Waals surface area contributed by atoms with Gasteiger partial charge in [0.2, 0.25) is 0 Å². The third-order valence-electron chi connectivity index (χ3n) is 2.97. The number of imide groups is 1. The van der Waals surface area contributed by atoms with Gasteiger partial charge in [0, 0.05) is 6.54 Å². The van der Waals surface area contributed by atoms with Gasteiger partial charge in [0.15, 0.2) is 5.54 Å². The fraction of sp³-hybridized carbons (Fsp3) is 0.385. The molecule has 3 amide bonds. The normalized spacial score (nSPS) is 22.3. The van der Waals surface area contributed by atoms with Crippen LogP contribution in [0.1, 0.15) is 19.4 Å². The number of nitrogens with one attached hydrogen (secondary N) is 2. The summed E-state index contributed by atoms with van der Waals surface area (Å²) in [5.74, 6) is 0.271. The Balaban J connectivity index is 2.30. The highest BCUT2D eigenvalue weighted by molar-refractivity contribution is 6.07. The van der Waals surface area contributed by atoms with Crippen molar-refractivity contribution in [3.05, 3.63) is 29.8 Å². The van der Waals surface area contributed by atoms with Crippen LogP contribution in [0, 0.1) is 0 Å². The van der Waals surface area contributed by atoms with E-state index in [9.17, 15) is 9.59 Å². The van der Waals surface area contributed by atoms with E-state index in [0.29, 0.717) is 11.3 Å². The van der Waals surface area contributed by atoms with Crippen LogP contribution in [0.4, 0.5) is 4.79 Å². The first-order valence-corrected chi connectivity index (χ1v) is 6.09. The number of amides is 3. The summed E-state index contributed by atoms with van der Waals surface area (Å²) >= 11 is 0. The van der Waals surface area contributed by atoms with Crippen molar-refractivity contribution in [1.29, 1.82) is 0 Å². The molecule has 1 atom stereocenters. The summed E-state index contributed by atoms with van der Waals surface area (Å²) in [5, 5.41) is 4.78. The predicted octanol–water partition coefficient (Wildman–Crippen LogP) is 0.467. The van der Waals surface area contributed by atoms with Crippen molar-refractivity contribution in [1.82, 2.24) is 10.6 Å². The Bertz CT molecular complexity index is 498. The molecule has 6 nitrogen and oxygen atoms in total. The molecule has 1 aromatic rings. The van der Waals surface area contributed by atoms with Crippen LogP contribution in [0.15, 0.2) is 24.3 Å². The molecule has 0 aromatic heterocycles. The highest BCUT2D eigenvalue weighted by Gasteiger charge is 2.46. The molecule has 1 aliphatic rings. The van der Waals surface area contributed by atoms with Crippen molar-refractivity contribution in [2.45, 2.75) is 25.5 Å². The Morgan fingerprint density at radius 1 is 1.26 bits per heavy atom. The molecule has 2 rings (SSSR count). The van der Waals surface area contributed by atoms with Crippen molar-refractivity contribution in [3.63, 3.8) is 0 Å². The van der Waals surface area contributed by atoms with E-state index < -0.39 is 17.5 Å². The minimum Gasteiger partial charge on any atom is -0.491 e. The number of carbonyl (C=O) groups excluding carboxylic acids is 2. The zero-order chi connectivity index (χ0) is 14.0. The van der Waals surface area contributed by atoms with Crippen LogP contribution in [0.2, 0.25) is 0 Å². The molecular formula is C13H17N3O3. The second-order valence-electron chi connectivity index (χ2n) is 4.71. The maximum absolute atomic E-state index is 11.9. The smallest absolute Gasteiger partial charge is 0.322 e. The Labute approximate surface area is 111 Å². The molecule has 0 radical (unpaired) electrons. The van der Waals surface area contributed by atoms with Gasteiger partial charge in [-0.3, -0.25) is 10.1 Å². The highest BCUT2D eigenvalue weighted by Crippen LogP contribution is 2.26. The molecule has 1 saturated heterocycles. The number of rotatable bonds is 4. The first-order chi connectivity index (χ1) is 8.98. The fourth-order valence-electron chi connectivity index (χ4n) is 2.05. The maximum atomic E-state index is 11.9. The van der Waals surface area contributed by atoms with Gasteiger partial charge in [-0.05, 0) is 31.5 Å². The summed E-state index contributed by atoms with van der Waals surface area (Å²) < 4.78 is 5.53. The quantitative estimate of drug-likeness (QED) is 0.688. The minimum atomic E-state index is -1.19. The average molecular weight is 263 g/mol. The van der Waals surface area contributed by atoms with Gasteiger partial charge in [0.25, 0.3) is 5.91 Å². The standard InChI is InChI=1S/C13H17N3O3/c1-8(2)19-10-5-3-9(4-6-10)13(7-14)11(17)15-12(18)16-13/h3-6,8H,7,14H2,1-2H3,(H2,15,16,17,18). The summed E-state index contributed by atoms with van der Waals surface area (Å²) in [6.45, 7) is 3.86. The van der Waals surface area contributed by atoms with Crippen molar-refractivity contribution < 1.29 is 14.3 Å². The molecule has 1 heterocycles. The molecule has 0 aliphatic carbocycles. The van der Waals surface area contributed by atoms with E-state index in [2.05, 4.69) is 10.6 Å². The largest absolute Gasteiger partial charge is 0.491 e. The molecule has 19 heavy (non-hydrogen) atoms. The molecule has 102 valence electrons. The van der Waals surface area contributed by atoms with Crippen molar-refractivity contribution >= 4 is 11.9 Å². The number of hydrogen-bond donors (Lipinski definition) is 3. The van der Waals surface area contributed by atoms with E-state index in [1.54, 1.807) is 24.3 Å². The Morgan fingerprint density at radius 3 is 2.32 bits per heavy atom. The van der Waals surface area contributed by atoms with Crippen molar-refractivity contribution in [3.8, 4) is 5.75 Å². The van der Waals surface area contributed by atoms with Crippen LogP contribution >= 0.6 is 0 Å².